The summed E-state index contributed by atoms with van der Waals surface area (Å²) in [5.41, 5.74) is 22.0. The smallest absolute Gasteiger partial charge is 0.135 e. The maximum atomic E-state index is 6.96. The summed E-state index contributed by atoms with van der Waals surface area (Å²) in [7, 11) is 0. The summed E-state index contributed by atoms with van der Waals surface area (Å²) in [6.45, 7) is 28.2. The predicted molar refractivity (Wildman–Crippen MR) is 257 cm³/mol. The molecule has 0 atom stereocenters. The van der Waals surface area contributed by atoms with Gasteiger partial charge in [0.25, 0.3) is 0 Å². The van der Waals surface area contributed by atoms with Gasteiger partial charge in [-0.25, -0.2) is 0 Å². The van der Waals surface area contributed by atoms with Crippen molar-refractivity contribution in [3.8, 4) is 22.3 Å². The quantitative estimate of drug-likeness (QED) is 0.149. The molecule has 1 heteroatoms. The minimum Gasteiger partial charge on any atom is -0.456 e. The summed E-state index contributed by atoms with van der Waals surface area (Å²) in [6, 6.07) is 52.8. The third kappa shape index (κ3) is 5.01. The molecule has 0 bridgehead atoms. The molecule has 1 aromatic heterocycles. The molecular formula is C60H58O. The Morgan fingerprint density at radius 1 is 0.295 bits per heavy atom. The average Bonchev–Trinajstić information content (AvgIpc) is 3.82. The number of hydrogen-bond donors (Lipinski definition) is 0. The van der Waals surface area contributed by atoms with E-state index in [1.807, 2.05) is 0 Å². The monoisotopic (exact) mass is 794 g/mol. The number of fused-ring (bicyclic) bond motifs is 19. The van der Waals surface area contributed by atoms with E-state index < -0.39 is 10.8 Å². The number of furan rings is 1. The van der Waals surface area contributed by atoms with E-state index in [0.29, 0.717) is 0 Å². The molecule has 3 aliphatic rings. The van der Waals surface area contributed by atoms with Gasteiger partial charge in [-0.05, 0) is 129 Å². The van der Waals surface area contributed by atoms with E-state index in [2.05, 4.69) is 217 Å². The van der Waals surface area contributed by atoms with E-state index in [0.717, 1.165) is 16.6 Å². The second-order valence-corrected chi connectivity index (χ2v) is 22.6. The van der Waals surface area contributed by atoms with Crippen LogP contribution in [-0.4, -0.2) is 0 Å². The lowest BCUT2D eigenvalue weighted by molar-refractivity contribution is 0.575. The van der Waals surface area contributed by atoms with Gasteiger partial charge in [0.15, 0.2) is 0 Å². The standard InChI is InChI=1S/C60H58O/c1-55(2,3)35-21-25-39-40-26-22-36(56(4,5)6)30-48(40)59(47(39)29-35)45-18-14-15-19-46(45)60(52-34-54-44(33-51(52)59)43-17-13-16-20-53(43)61-54)49-31-37(57(7,8)9)23-27-41(49)42-28-24-38(32-50(42)60)58(10,11)12/h13-34H,1-12H3. The molecule has 2 spiro atoms. The number of rotatable bonds is 0. The molecule has 7 aromatic carbocycles. The predicted octanol–water partition coefficient (Wildman–Crippen LogP) is 15.8. The topological polar surface area (TPSA) is 13.1 Å². The molecule has 3 aliphatic carbocycles. The zero-order valence-electron chi connectivity index (χ0n) is 38.1. The maximum absolute atomic E-state index is 6.96. The summed E-state index contributed by atoms with van der Waals surface area (Å²) in [5, 5.41) is 2.33. The molecule has 61 heavy (non-hydrogen) atoms. The highest BCUT2D eigenvalue weighted by Gasteiger charge is 2.60. The summed E-state index contributed by atoms with van der Waals surface area (Å²) in [5.74, 6) is 0. The first-order valence-corrected chi connectivity index (χ1v) is 22.4. The molecule has 11 rings (SSSR count). The number of para-hydroxylation sites is 1. The van der Waals surface area contributed by atoms with Crippen molar-refractivity contribution in [3.05, 3.63) is 200 Å². The average molecular weight is 795 g/mol. The molecule has 0 fully saturated rings. The van der Waals surface area contributed by atoms with Crippen molar-refractivity contribution in [1.82, 2.24) is 0 Å². The molecule has 8 aromatic rings. The van der Waals surface area contributed by atoms with Gasteiger partial charge in [-0.1, -0.05) is 198 Å². The molecule has 1 heterocycles. The van der Waals surface area contributed by atoms with E-state index in [9.17, 15) is 0 Å². The SMILES string of the molecule is CC(C)(C)c1ccc2c(c1)C1(c3cc(C(C)(C)C)ccc3-2)c2ccccc2C2(c3cc(C(C)(C)C)ccc3-c3ccc(C(C)(C)C)cc32)c2cc3c(cc21)oc1ccccc13. The number of benzene rings is 7. The minimum atomic E-state index is -0.621. The fourth-order valence-corrected chi connectivity index (χ4v) is 11.5. The highest BCUT2D eigenvalue weighted by atomic mass is 16.3. The van der Waals surface area contributed by atoms with Gasteiger partial charge < -0.3 is 4.42 Å². The molecule has 0 unspecified atom stereocenters. The fourth-order valence-electron chi connectivity index (χ4n) is 11.5. The highest BCUT2D eigenvalue weighted by molar-refractivity contribution is 6.07. The van der Waals surface area contributed by atoms with E-state index in [1.165, 1.54) is 94.4 Å². The summed E-state index contributed by atoms with van der Waals surface area (Å²) >= 11 is 0. The lowest BCUT2D eigenvalue weighted by Crippen LogP contribution is -2.44. The Labute approximate surface area is 362 Å². The van der Waals surface area contributed by atoms with Gasteiger partial charge in [-0.15, -0.1) is 0 Å². The normalized spacial score (nSPS) is 15.8. The van der Waals surface area contributed by atoms with Gasteiger partial charge in [-0.3, -0.25) is 0 Å². The van der Waals surface area contributed by atoms with Crippen LogP contribution in [0.2, 0.25) is 0 Å². The van der Waals surface area contributed by atoms with Crippen LogP contribution >= 0.6 is 0 Å². The molecule has 1 nitrogen and oxygen atoms in total. The zero-order valence-corrected chi connectivity index (χ0v) is 38.1. The second-order valence-electron chi connectivity index (χ2n) is 22.6. The van der Waals surface area contributed by atoms with E-state index in [4.69, 9.17) is 4.42 Å². The van der Waals surface area contributed by atoms with Gasteiger partial charge in [0.1, 0.15) is 11.2 Å². The summed E-state index contributed by atoms with van der Waals surface area (Å²) in [4.78, 5) is 0. The molecule has 0 radical (unpaired) electrons. The van der Waals surface area contributed by atoms with Crippen molar-refractivity contribution < 1.29 is 4.42 Å². The minimum absolute atomic E-state index is 0.0411. The Balaban J connectivity index is 1.41. The van der Waals surface area contributed by atoms with Crippen LogP contribution < -0.4 is 0 Å². The van der Waals surface area contributed by atoms with Gasteiger partial charge in [-0.2, -0.15) is 0 Å². The Morgan fingerprint density at radius 3 is 1.02 bits per heavy atom. The Kier molecular flexibility index (Phi) is 7.55. The van der Waals surface area contributed by atoms with Crippen molar-refractivity contribution in [2.75, 3.05) is 0 Å². The van der Waals surface area contributed by atoms with Crippen molar-refractivity contribution in [2.45, 2.75) is 116 Å². The lowest BCUT2D eigenvalue weighted by atomic mass is 9.51. The van der Waals surface area contributed by atoms with Crippen molar-refractivity contribution in [1.29, 1.82) is 0 Å². The van der Waals surface area contributed by atoms with Crippen LogP contribution in [0.3, 0.4) is 0 Å². The molecule has 0 saturated heterocycles. The number of hydrogen-bond acceptors (Lipinski definition) is 1. The molecule has 0 aliphatic heterocycles. The fraction of sp³-hybridized carbons (Fsp3) is 0.300. The van der Waals surface area contributed by atoms with Gasteiger partial charge >= 0.3 is 0 Å². The van der Waals surface area contributed by atoms with Crippen LogP contribution in [0.15, 0.2) is 138 Å². The molecule has 0 amide bonds. The van der Waals surface area contributed by atoms with Crippen LogP contribution in [-0.2, 0) is 32.5 Å². The zero-order chi connectivity index (χ0) is 42.8. The van der Waals surface area contributed by atoms with Crippen molar-refractivity contribution >= 4 is 21.9 Å². The van der Waals surface area contributed by atoms with E-state index in [1.54, 1.807) is 0 Å². The van der Waals surface area contributed by atoms with Crippen LogP contribution in [0.4, 0.5) is 0 Å². The van der Waals surface area contributed by atoms with E-state index in [-0.39, 0.29) is 21.7 Å². The Hall–Kier alpha value is -5.66. The Bertz CT molecular complexity index is 3040. The first-order chi connectivity index (χ1) is 28.7. The third-order valence-corrected chi connectivity index (χ3v) is 14.8. The third-order valence-electron chi connectivity index (χ3n) is 14.8. The summed E-state index contributed by atoms with van der Waals surface area (Å²) < 4.78 is 6.96. The van der Waals surface area contributed by atoms with Crippen molar-refractivity contribution in [2.24, 2.45) is 0 Å². The maximum Gasteiger partial charge on any atom is 0.135 e. The largest absolute Gasteiger partial charge is 0.456 e. The Morgan fingerprint density at radius 2 is 0.639 bits per heavy atom. The second kappa shape index (κ2) is 12.0. The van der Waals surface area contributed by atoms with Gasteiger partial charge in [0.05, 0.1) is 10.8 Å². The lowest BCUT2D eigenvalue weighted by Gasteiger charge is -2.49. The van der Waals surface area contributed by atoms with Gasteiger partial charge in [0, 0.05) is 10.8 Å². The molecule has 0 N–H and O–H groups in total. The van der Waals surface area contributed by atoms with E-state index >= 15 is 0 Å². The van der Waals surface area contributed by atoms with Crippen LogP contribution in [0.25, 0.3) is 44.2 Å². The van der Waals surface area contributed by atoms with Gasteiger partial charge in [0.2, 0.25) is 0 Å². The van der Waals surface area contributed by atoms with Crippen LogP contribution in [0.5, 0.6) is 0 Å². The molecule has 0 saturated carbocycles. The molecule has 304 valence electrons. The van der Waals surface area contributed by atoms with Crippen LogP contribution in [0.1, 0.15) is 150 Å². The molecular weight excluding hydrogens is 737 g/mol. The first-order valence-electron chi connectivity index (χ1n) is 22.4. The summed E-state index contributed by atoms with van der Waals surface area (Å²) in [6.07, 6.45) is 0. The van der Waals surface area contributed by atoms with Crippen molar-refractivity contribution in [3.63, 3.8) is 0 Å². The first kappa shape index (κ1) is 38.3. The van der Waals surface area contributed by atoms with Crippen LogP contribution in [0, 0.1) is 0 Å². The highest BCUT2D eigenvalue weighted by Crippen LogP contribution is 2.68.